The van der Waals surface area contributed by atoms with Gasteiger partial charge in [-0.3, -0.25) is 0 Å². The van der Waals surface area contributed by atoms with Crippen molar-refractivity contribution in [2.24, 2.45) is 11.8 Å². The molecule has 3 nitrogen and oxygen atoms in total. The van der Waals surface area contributed by atoms with Crippen LogP contribution in [0.15, 0.2) is 0 Å². The minimum absolute atomic E-state index is 0.125. The Balaban J connectivity index is 1.82. The Morgan fingerprint density at radius 3 is 2.73 bits per heavy atom. The van der Waals surface area contributed by atoms with E-state index in [0.717, 1.165) is 31.5 Å². The molecule has 2 rings (SSSR count). The highest BCUT2D eigenvalue weighted by Gasteiger charge is 2.46. The van der Waals surface area contributed by atoms with Gasteiger partial charge in [-0.1, -0.05) is 0 Å². The summed E-state index contributed by atoms with van der Waals surface area (Å²) in [5.41, 5.74) is 0. The molecule has 0 aromatic heterocycles. The summed E-state index contributed by atoms with van der Waals surface area (Å²) in [5, 5.41) is 2.82. The Bertz CT molecular complexity index is 171. The number of carbonyl (C=O) groups is 1. The summed E-state index contributed by atoms with van der Waals surface area (Å²) >= 11 is 0. The van der Waals surface area contributed by atoms with Gasteiger partial charge in [0.15, 0.2) is 0 Å². The zero-order chi connectivity index (χ0) is 7.84. The normalized spacial score (nSPS) is 33.4. The first kappa shape index (κ1) is 6.95. The SMILES string of the molecule is CCNC(=O)N1CC2CC2C1. The van der Waals surface area contributed by atoms with Crippen LogP contribution in [0.4, 0.5) is 4.79 Å². The van der Waals surface area contributed by atoms with Crippen LogP contribution in [0.25, 0.3) is 0 Å². The number of urea groups is 1. The number of likely N-dealkylation sites (tertiary alicyclic amines) is 1. The van der Waals surface area contributed by atoms with Crippen LogP contribution in [-0.2, 0) is 0 Å². The van der Waals surface area contributed by atoms with Gasteiger partial charge in [-0.05, 0) is 25.2 Å². The molecule has 2 fully saturated rings. The highest BCUT2D eigenvalue weighted by atomic mass is 16.2. The lowest BCUT2D eigenvalue weighted by Gasteiger charge is -2.17. The average molecular weight is 154 g/mol. The van der Waals surface area contributed by atoms with Crippen LogP contribution < -0.4 is 5.32 Å². The maximum atomic E-state index is 11.2. The van der Waals surface area contributed by atoms with E-state index >= 15 is 0 Å². The number of fused-ring (bicyclic) bond motifs is 1. The number of rotatable bonds is 1. The largest absolute Gasteiger partial charge is 0.338 e. The van der Waals surface area contributed by atoms with Crippen molar-refractivity contribution in [1.29, 1.82) is 0 Å². The minimum atomic E-state index is 0.125. The Hall–Kier alpha value is -0.730. The standard InChI is InChI=1S/C8H14N2O/c1-2-9-8(11)10-4-6-3-7(6)5-10/h6-7H,2-5H2,1H3,(H,9,11). The molecule has 2 aliphatic rings. The van der Waals surface area contributed by atoms with Crippen molar-refractivity contribution in [2.45, 2.75) is 13.3 Å². The molecule has 0 aromatic rings. The van der Waals surface area contributed by atoms with Crippen molar-refractivity contribution in [3.63, 3.8) is 0 Å². The predicted octanol–water partition coefficient (Wildman–Crippen LogP) is 0.668. The molecule has 1 saturated heterocycles. The lowest BCUT2D eigenvalue weighted by Crippen LogP contribution is -2.39. The fourth-order valence-corrected chi connectivity index (χ4v) is 1.83. The van der Waals surface area contributed by atoms with E-state index in [1.165, 1.54) is 6.42 Å². The Kier molecular flexibility index (Phi) is 1.51. The first-order valence-corrected chi connectivity index (χ1v) is 4.34. The molecular weight excluding hydrogens is 140 g/mol. The molecule has 0 radical (unpaired) electrons. The molecule has 2 amide bonds. The predicted molar refractivity (Wildman–Crippen MR) is 42.2 cm³/mol. The zero-order valence-electron chi connectivity index (χ0n) is 6.84. The van der Waals surface area contributed by atoms with Crippen molar-refractivity contribution in [3.05, 3.63) is 0 Å². The second-order valence-corrected chi connectivity index (χ2v) is 3.50. The molecule has 0 bridgehead atoms. The molecule has 1 heterocycles. The number of hydrogen-bond donors (Lipinski definition) is 1. The number of amides is 2. The smallest absolute Gasteiger partial charge is 0.317 e. The van der Waals surface area contributed by atoms with Gasteiger partial charge >= 0.3 is 6.03 Å². The van der Waals surface area contributed by atoms with Gasteiger partial charge in [0, 0.05) is 19.6 Å². The van der Waals surface area contributed by atoms with E-state index in [0.29, 0.717) is 0 Å². The van der Waals surface area contributed by atoms with Crippen molar-refractivity contribution < 1.29 is 4.79 Å². The molecule has 0 spiro atoms. The monoisotopic (exact) mass is 154 g/mol. The lowest BCUT2D eigenvalue weighted by molar-refractivity contribution is 0.204. The summed E-state index contributed by atoms with van der Waals surface area (Å²) in [7, 11) is 0. The molecule has 1 saturated carbocycles. The summed E-state index contributed by atoms with van der Waals surface area (Å²) < 4.78 is 0. The highest BCUT2D eigenvalue weighted by molar-refractivity contribution is 5.74. The van der Waals surface area contributed by atoms with E-state index in [4.69, 9.17) is 0 Å². The molecule has 1 aliphatic heterocycles. The van der Waals surface area contributed by atoms with Gasteiger partial charge in [0.05, 0.1) is 0 Å². The first-order valence-electron chi connectivity index (χ1n) is 4.34. The van der Waals surface area contributed by atoms with Gasteiger partial charge < -0.3 is 10.2 Å². The number of piperidine rings is 1. The van der Waals surface area contributed by atoms with Gasteiger partial charge in [-0.2, -0.15) is 0 Å². The second kappa shape index (κ2) is 2.40. The van der Waals surface area contributed by atoms with Gasteiger partial charge in [0.25, 0.3) is 0 Å². The molecule has 3 heteroatoms. The van der Waals surface area contributed by atoms with E-state index in [-0.39, 0.29) is 6.03 Å². The van der Waals surface area contributed by atoms with E-state index in [1.807, 2.05) is 11.8 Å². The third-order valence-corrected chi connectivity index (χ3v) is 2.59. The Morgan fingerprint density at radius 1 is 1.55 bits per heavy atom. The molecule has 11 heavy (non-hydrogen) atoms. The number of nitrogens with zero attached hydrogens (tertiary/aromatic N) is 1. The molecule has 62 valence electrons. The zero-order valence-corrected chi connectivity index (χ0v) is 6.84. The summed E-state index contributed by atoms with van der Waals surface area (Å²) in [6.07, 6.45) is 1.36. The van der Waals surface area contributed by atoms with Crippen molar-refractivity contribution in [1.82, 2.24) is 10.2 Å². The number of nitrogens with one attached hydrogen (secondary N) is 1. The maximum Gasteiger partial charge on any atom is 0.317 e. The molecule has 2 atom stereocenters. The van der Waals surface area contributed by atoms with Gasteiger partial charge in [-0.25, -0.2) is 4.79 Å². The van der Waals surface area contributed by atoms with Crippen LogP contribution in [0.5, 0.6) is 0 Å². The van der Waals surface area contributed by atoms with Gasteiger partial charge in [0.1, 0.15) is 0 Å². The van der Waals surface area contributed by atoms with Crippen LogP contribution in [0.3, 0.4) is 0 Å². The van der Waals surface area contributed by atoms with Crippen molar-refractivity contribution in [2.75, 3.05) is 19.6 Å². The van der Waals surface area contributed by atoms with E-state index in [2.05, 4.69) is 5.32 Å². The lowest BCUT2D eigenvalue weighted by atomic mass is 10.4. The van der Waals surface area contributed by atoms with Crippen LogP contribution in [-0.4, -0.2) is 30.6 Å². The van der Waals surface area contributed by atoms with Gasteiger partial charge in [0.2, 0.25) is 0 Å². The van der Waals surface area contributed by atoms with E-state index < -0.39 is 0 Å². The van der Waals surface area contributed by atoms with Crippen LogP contribution in [0.2, 0.25) is 0 Å². The summed E-state index contributed by atoms with van der Waals surface area (Å²) in [4.78, 5) is 13.2. The van der Waals surface area contributed by atoms with Gasteiger partial charge in [-0.15, -0.1) is 0 Å². The second-order valence-electron chi connectivity index (χ2n) is 3.50. The minimum Gasteiger partial charge on any atom is -0.338 e. The topological polar surface area (TPSA) is 32.3 Å². The third kappa shape index (κ3) is 1.19. The van der Waals surface area contributed by atoms with Crippen LogP contribution in [0.1, 0.15) is 13.3 Å². The summed E-state index contributed by atoms with van der Waals surface area (Å²) in [5.74, 6) is 1.69. The third-order valence-electron chi connectivity index (χ3n) is 2.59. The number of hydrogen-bond acceptors (Lipinski definition) is 1. The maximum absolute atomic E-state index is 11.2. The quantitative estimate of drug-likeness (QED) is 0.591. The van der Waals surface area contributed by atoms with Crippen LogP contribution in [0, 0.1) is 11.8 Å². The fourth-order valence-electron chi connectivity index (χ4n) is 1.83. The molecule has 1 N–H and O–H groups in total. The Labute approximate surface area is 66.8 Å². The van der Waals surface area contributed by atoms with Crippen LogP contribution >= 0.6 is 0 Å². The highest BCUT2D eigenvalue weighted by Crippen LogP contribution is 2.44. The number of carbonyl (C=O) groups excluding carboxylic acids is 1. The van der Waals surface area contributed by atoms with Crippen molar-refractivity contribution >= 4 is 6.03 Å². The van der Waals surface area contributed by atoms with E-state index in [9.17, 15) is 4.79 Å². The molecule has 1 aliphatic carbocycles. The summed E-state index contributed by atoms with van der Waals surface area (Å²) in [6.45, 7) is 4.69. The molecule has 0 aromatic carbocycles. The molecule has 2 unspecified atom stereocenters. The van der Waals surface area contributed by atoms with Crippen molar-refractivity contribution in [3.8, 4) is 0 Å². The summed E-state index contributed by atoms with van der Waals surface area (Å²) in [6, 6.07) is 0.125. The Morgan fingerprint density at radius 2 is 2.18 bits per heavy atom. The fraction of sp³-hybridized carbons (Fsp3) is 0.875. The van der Waals surface area contributed by atoms with E-state index in [1.54, 1.807) is 0 Å². The average Bonchev–Trinajstić information content (AvgIpc) is 2.59. The molecular formula is C8H14N2O. The first-order chi connectivity index (χ1) is 5.31.